The van der Waals surface area contributed by atoms with Gasteiger partial charge >= 0.3 is 0 Å². The number of nitrogens with one attached hydrogen (secondary N) is 1. The van der Waals surface area contributed by atoms with Crippen molar-refractivity contribution in [1.29, 1.82) is 0 Å². The molecular weight excluding hydrogens is 218 g/mol. The minimum Gasteiger partial charge on any atom is -0.370 e. The van der Waals surface area contributed by atoms with Gasteiger partial charge in [-0.2, -0.15) is 0 Å². The highest BCUT2D eigenvalue weighted by molar-refractivity contribution is 5.76. The van der Waals surface area contributed by atoms with Crippen LogP contribution in [0.5, 0.6) is 0 Å². The molecule has 0 rings (SSSR count). The lowest BCUT2D eigenvalue weighted by Gasteiger charge is -2.22. The third-order valence-electron chi connectivity index (χ3n) is 2.24. The van der Waals surface area contributed by atoms with E-state index < -0.39 is 0 Å². The van der Waals surface area contributed by atoms with Crippen molar-refractivity contribution in [2.45, 2.75) is 52.5 Å². The molecule has 1 atom stereocenters. The van der Waals surface area contributed by atoms with E-state index in [0.29, 0.717) is 25.8 Å². The average molecular weight is 243 g/mol. The topological polar surface area (TPSA) is 98.2 Å². The van der Waals surface area contributed by atoms with Crippen molar-refractivity contribution in [2.24, 2.45) is 16.9 Å². The Hall–Kier alpha value is -1.10. The molecule has 0 radical (unpaired) electrons. The second kappa shape index (κ2) is 7.27. The molecule has 0 aromatic heterocycles. The van der Waals surface area contributed by atoms with Crippen LogP contribution in [0.15, 0.2) is 0 Å². The smallest absolute Gasteiger partial charge is 0.221 e. The Morgan fingerprint density at radius 2 is 1.88 bits per heavy atom. The molecule has 5 heteroatoms. The molecule has 0 aliphatic rings. The van der Waals surface area contributed by atoms with Crippen molar-refractivity contribution < 1.29 is 9.59 Å². The zero-order valence-corrected chi connectivity index (χ0v) is 11.1. The van der Waals surface area contributed by atoms with Crippen LogP contribution in [-0.4, -0.2) is 24.4 Å². The van der Waals surface area contributed by atoms with Crippen molar-refractivity contribution in [3.63, 3.8) is 0 Å². The second-order valence-corrected chi connectivity index (χ2v) is 5.65. The molecule has 5 N–H and O–H groups in total. The van der Waals surface area contributed by atoms with Crippen LogP contribution in [0.3, 0.4) is 0 Å². The fraction of sp³-hybridized carbons (Fsp3) is 0.833. The number of carbonyl (C=O) groups is 2. The molecule has 0 aromatic carbocycles. The number of carbonyl (C=O) groups excluding carboxylic acids is 2. The standard InChI is InChI=1S/C12H25N3O2/c1-12(2,3)8-9(13)7-11(17)15-6-4-5-10(14)16/h9H,4-8,13H2,1-3H3,(H2,14,16)(H,15,17). The van der Waals surface area contributed by atoms with Crippen molar-refractivity contribution >= 4 is 11.8 Å². The molecule has 0 saturated carbocycles. The first kappa shape index (κ1) is 15.9. The van der Waals surface area contributed by atoms with Gasteiger partial charge in [0.25, 0.3) is 0 Å². The summed E-state index contributed by atoms with van der Waals surface area (Å²) in [6.45, 7) is 6.76. The summed E-state index contributed by atoms with van der Waals surface area (Å²) < 4.78 is 0. The lowest BCUT2D eigenvalue weighted by Crippen LogP contribution is -2.34. The van der Waals surface area contributed by atoms with Crippen LogP contribution < -0.4 is 16.8 Å². The van der Waals surface area contributed by atoms with E-state index in [1.807, 2.05) is 0 Å². The summed E-state index contributed by atoms with van der Waals surface area (Å²) in [4.78, 5) is 21.9. The quantitative estimate of drug-likeness (QED) is 0.568. The van der Waals surface area contributed by atoms with Crippen molar-refractivity contribution in [1.82, 2.24) is 5.32 Å². The molecule has 0 aliphatic carbocycles. The molecule has 0 aliphatic heterocycles. The van der Waals surface area contributed by atoms with Crippen molar-refractivity contribution in [3.05, 3.63) is 0 Å². The number of hydrogen-bond donors (Lipinski definition) is 3. The number of primary amides is 1. The molecule has 0 heterocycles. The highest BCUT2D eigenvalue weighted by Crippen LogP contribution is 2.20. The maximum atomic E-state index is 11.5. The number of nitrogens with two attached hydrogens (primary N) is 2. The van der Waals surface area contributed by atoms with Gasteiger partial charge in [-0.3, -0.25) is 9.59 Å². The molecule has 17 heavy (non-hydrogen) atoms. The first-order valence-electron chi connectivity index (χ1n) is 6.01. The Balaban J connectivity index is 3.68. The van der Waals surface area contributed by atoms with Gasteiger partial charge in [-0.25, -0.2) is 0 Å². The maximum absolute atomic E-state index is 11.5. The summed E-state index contributed by atoms with van der Waals surface area (Å²) in [7, 11) is 0. The Bertz CT molecular complexity index is 259. The van der Waals surface area contributed by atoms with Gasteiger partial charge in [-0.1, -0.05) is 20.8 Å². The Morgan fingerprint density at radius 3 is 2.35 bits per heavy atom. The summed E-state index contributed by atoms with van der Waals surface area (Å²) in [5.41, 5.74) is 11.0. The van der Waals surface area contributed by atoms with Crippen molar-refractivity contribution in [3.8, 4) is 0 Å². The molecule has 0 fully saturated rings. The SMILES string of the molecule is CC(C)(C)CC(N)CC(=O)NCCCC(N)=O. The van der Waals surface area contributed by atoms with E-state index in [4.69, 9.17) is 11.5 Å². The van der Waals surface area contributed by atoms with E-state index in [9.17, 15) is 9.59 Å². The Labute approximate surface area is 103 Å². The molecule has 0 spiro atoms. The van der Waals surface area contributed by atoms with Gasteiger partial charge in [0.05, 0.1) is 0 Å². The fourth-order valence-electron chi connectivity index (χ4n) is 1.66. The van der Waals surface area contributed by atoms with Crippen molar-refractivity contribution in [2.75, 3.05) is 6.54 Å². The van der Waals surface area contributed by atoms with Crippen LogP contribution in [0, 0.1) is 5.41 Å². The predicted molar refractivity (Wildman–Crippen MR) is 68.1 cm³/mol. The molecule has 2 amide bonds. The number of rotatable bonds is 7. The first-order valence-corrected chi connectivity index (χ1v) is 6.01. The molecule has 5 nitrogen and oxygen atoms in total. The van der Waals surface area contributed by atoms with Gasteiger partial charge in [0.15, 0.2) is 0 Å². The third kappa shape index (κ3) is 11.2. The summed E-state index contributed by atoms with van der Waals surface area (Å²) in [6, 6.07) is -0.119. The number of amides is 2. The van der Waals surface area contributed by atoms with Crippen LogP contribution in [0.4, 0.5) is 0 Å². The van der Waals surface area contributed by atoms with E-state index in [1.54, 1.807) is 0 Å². The van der Waals surface area contributed by atoms with Gasteiger partial charge < -0.3 is 16.8 Å². The van der Waals surface area contributed by atoms with Gasteiger partial charge in [-0.05, 0) is 18.3 Å². The minimum absolute atomic E-state index is 0.0637. The van der Waals surface area contributed by atoms with Gasteiger partial charge in [0.2, 0.25) is 11.8 Å². The Morgan fingerprint density at radius 1 is 1.29 bits per heavy atom. The van der Waals surface area contributed by atoms with E-state index in [-0.39, 0.29) is 23.3 Å². The van der Waals surface area contributed by atoms with Gasteiger partial charge in [-0.15, -0.1) is 0 Å². The van der Waals surface area contributed by atoms with Crippen LogP contribution in [-0.2, 0) is 9.59 Å². The second-order valence-electron chi connectivity index (χ2n) is 5.65. The Kier molecular flexibility index (Phi) is 6.80. The van der Waals surface area contributed by atoms with Crippen LogP contribution in [0.1, 0.15) is 46.5 Å². The average Bonchev–Trinajstić information content (AvgIpc) is 2.08. The summed E-state index contributed by atoms with van der Waals surface area (Å²) in [5, 5.41) is 2.73. The largest absolute Gasteiger partial charge is 0.370 e. The monoisotopic (exact) mass is 243 g/mol. The van der Waals surface area contributed by atoms with Crippen LogP contribution in [0.2, 0.25) is 0 Å². The third-order valence-corrected chi connectivity index (χ3v) is 2.24. The van der Waals surface area contributed by atoms with Crippen LogP contribution >= 0.6 is 0 Å². The van der Waals surface area contributed by atoms with E-state index in [1.165, 1.54) is 0 Å². The van der Waals surface area contributed by atoms with Gasteiger partial charge in [0, 0.05) is 25.4 Å². The summed E-state index contributed by atoms with van der Waals surface area (Å²) in [5.74, 6) is -0.407. The first-order chi connectivity index (χ1) is 7.70. The summed E-state index contributed by atoms with van der Waals surface area (Å²) >= 11 is 0. The number of hydrogen-bond acceptors (Lipinski definition) is 3. The summed E-state index contributed by atoms with van der Waals surface area (Å²) in [6.07, 6.45) is 2.01. The molecular formula is C12H25N3O2. The van der Waals surface area contributed by atoms with E-state index >= 15 is 0 Å². The fourth-order valence-corrected chi connectivity index (χ4v) is 1.66. The molecule has 100 valence electrons. The maximum Gasteiger partial charge on any atom is 0.221 e. The molecule has 1 unspecified atom stereocenters. The zero-order chi connectivity index (χ0) is 13.5. The highest BCUT2D eigenvalue weighted by Gasteiger charge is 2.17. The van der Waals surface area contributed by atoms with Crippen LogP contribution in [0.25, 0.3) is 0 Å². The normalized spacial score (nSPS) is 13.2. The zero-order valence-electron chi connectivity index (χ0n) is 11.1. The minimum atomic E-state index is -0.344. The molecule has 0 saturated heterocycles. The predicted octanol–water partition coefficient (Wildman–Crippen LogP) is 0.522. The highest BCUT2D eigenvalue weighted by atomic mass is 16.2. The van der Waals surface area contributed by atoms with E-state index in [0.717, 1.165) is 6.42 Å². The van der Waals surface area contributed by atoms with E-state index in [2.05, 4.69) is 26.1 Å². The molecule has 0 aromatic rings. The lowest BCUT2D eigenvalue weighted by molar-refractivity contribution is -0.122. The molecule has 0 bridgehead atoms. The lowest BCUT2D eigenvalue weighted by atomic mass is 9.87. The van der Waals surface area contributed by atoms with Gasteiger partial charge in [0.1, 0.15) is 0 Å².